The van der Waals surface area contributed by atoms with Crippen molar-refractivity contribution in [1.29, 1.82) is 0 Å². The number of ether oxygens (including phenoxy) is 1. The van der Waals surface area contributed by atoms with Gasteiger partial charge < -0.3 is 9.84 Å². The van der Waals surface area contributed by atoms with E-state index in [-0.39, 0.29) is 5.82 Å². The van der Waals surface area contributed by atoms with Crippen LogP contribution in [0.2, 0.25) is 0 Å². The highest BCUT2D eigenvalue weighted by molar-refractivity contribution is 5.48. The van der Waals surface area contributed by atoms with Crippen molar-refractivity contribution in [2.75, 3.05) is 0 Å². The normalized spacial score (nSPS) is 11.3. The van der Waals surface area contributed by atoms with E-state index in [4.69, 9.17) is 4.74 Å². The second kappa shape index (κ2) is 6.74. The number of para-hydroxylation sites is 1. The van der Waals surface area contributed by atoms with Gasteiger partial charge in [-0.25, -0.2) is 4.39 Å². The number of benzene rings is 2. The van der Waals surface area contributed by atoms with Gasteiger partial charge in [0.05, 0.1) is 5.56 Å². The average Bonchev–Trinajstić information content (AvgIpc) is 2.48. The standard InChI is InChI=1S/C17H15FO2/c1-2-15(19)10-7-13-5-3-4-6-17(13)20-16-11-8-14(18)9-12-16/h3-6,8-9,11-12,15,19H,2H2,1H3. The van der Waals surface area contributed by atoms with Gasteiger partial charge in [-0.15, -0.1) is 0 Å². The van der Waals surface area contributed by atoms with Gasteiger partial charge in [0, 0.05) is 0 Å². The highest BCUT2D eigenvalue weighted by atomic mass is 19.1. The Bertz CT molecular complexity index is 623. The Labute approximate surface area is 117 Å². The summed E-state index contributed by atoms with van der Waals surface area (Å²) in [4.78, 5) is 0. The van der Waals surface area contributed by atoms with Gasteiger partial charge in [0.1, 0.15) is 23.4 Å². The molecular weight excluding hydrogens is 255 g/mol. The zero-order chi connectivity index (χ0) is 14.4. The van der Waals surface area contributed by atoms with Crippen molar-refractivity contribution in [2.45, 2.75) is 19.4 Å². The van der Waals surface area contributed by atoms with Crippen LogP contribution < -0.4 is 4.74 Å². The first-order valence-electron chi connectivity index (χ1n) is 6.41. The van der Waals surface area contributed by atoms with Gasteiger partial charge in [-0.1, -0.05) is 30.9 Å². The van der Waals surface area contributed by atoms with E-state index in [9.17, 15) is 9.50 Å². The molecule has 0 spiro atoms. The third-order valence-electron chi connectivity index (χ3n) is 2.69. The van der Waals surface area contributed by atoms with Crippen LogP contribution in [0.3, 0.4) is 0 Å². The first-order chi connectivity index (χ1) is 9.69. The molecule has 0 aromatic heterocycles. The topological polar surface area (TPSA) is 29.5 Å². The van der Waals surface area contributed by atoms with Crippen molar-refractivity contribution in [3.8, 4) is 23.3 Å². The minimum Gasteiger partial charge on any atom is -0.456 e. The quantitative estimate of drug-likeness (QED) is 0.861. The smallest absolute Gasteiger partial charge is 0.143 e. The van der Waals surface area contributed by atoms with Crippen LogP contribution in [0.25, 0.3) is 0 Å². The van der Waals surface area contributed by atoms with Crippen LogP contribution in [0.4, 0.5) is 4.39 Å². The summed E-state index contributed by atoms with van der Waals surface area (Å²) in [6.07, 6.45) is -0.0672. The summed E-state index contributed by atoms with van der Waals surface area (Å²) in [6, 6.07) is 13.1. The first-order valence-corrected chi connectivity index (χ1v) is 6.41. The van der Waals surface area contributed by atoms with Crippen LogP contribution in [0, 0.1) is 17.7 Å². The summed E-state index contributed by atoms with van der Waals surface area (Å²) in [5.41, 5.74) is 0.685. The lowest BCUT2D eigenvalue weighted by Crippen LogP contribution is -1.99. The van der Waals surface area contributed by atoms with Gasteiger partial charge >= 0.3 is 0 Å². The van der Waals surface area contributed by atoms with Gasteiger partial charge in [0.25, 0.3) is 0 Å². The largest absolute Gasteiger partial charge is 0.456 e. The molecule has 3 heteroatoms. The third-order valence-corrected chi connectivity index (χ3v) is 2.69. The lowest BCUT2D eigenvalue weighted by Gasteiger charge is -2.07. The maximum atomic E-state index is 12.8. The highest BCUT2D eigenvalue weighted by Gasteiger charge is 2.03. The maximum absolute atomic E-state index is 12.8. The molecule has 0 bridgehead atoms. The molecule has 0 aliphatic carbocycles. The zero-order valence-electron chi connectivity index (χ0n) is 11.1. The highest BCUT2D eigenvalue weighted by Crippen LogP contribution is 2.24. The Morgan fingerprint density at radius 2 is 1.85 bits per heavy atom. The fourth-order valence-electron chi connectivity index (χ4n) is 1.55. The minimum absolute atomic E-state index is 0.309. The van der Waals surface area contributed by atoms with Crippen molar-refractivity contribution >= 4 is 0 Å². The van der Waals surface area contributed by atoms with Crippen molar-refractivity contribution in [1.82, 2.24) is 0 Å². The Morgan fingerprint density at radius 3 is 2.55 bits per heavy atom. The molecule has 0 amide bonds. The van der Waals surface area contributed by atoms with Gasteiger partial charge in [0.2, 0.25) is 0 Å². The Kier molecular flexibility index (Phi) is 4.75. The summed E-state index contributed by atoms with van der Waals surface area (Å²) < 4.78 is 18.5. The Morgan fingerprint density at radius 1 is 1.15 bits per heavy atom. The fraction of sp³-hybridized carbons (Fsp3) is 0.176. The summed E-state index contributed by atoms with van der Waals surface area (Å²) in [6.45, 7) is 1.86. The molecule has 1 unspecified atom stereocenters. The van der Waals surface area contributed by atoms with Crippen molar-refractivity contribution in [3.63, 3.8) is 0 Å². The Balaban J connectivity index is 2.23. The van der Waals surface area contributed by atoms with Crippen LogP contribution in [0.5, 0.6) is 11.5 Å². The maximum Gasteiger partial charge on any atom is 0.143 e. The Hall–Kier alpha value is -2.31. The van der Waals surface area contributed by atoms with Crippen LogP contribution in [0.15, 0.2) is 48.5 Å². The van der Waals surface area contributed by atoms with Gasteiger partial charge in [-0.3, -0.25) is 0 Å². The summed E-state index contributed by atoms with van der Waals surface area (Å²) >= 11 is 0. The lowest BCUT2D eigenvalue weighted by molar-refractivity contribution is 0.228. The number of hydrogen-bond donors (Lipinski definition) is 1. The fourth-order valence-corrected chi connectivity index (χ4v) is 1.55. The number of aliphatic hydroxyl groups is 1. The van der Waals surface area contributed by atoms with E-state index in [0.29, 0.717) is 23.5 Å². The predicted octanol–water partition coefficient (Wildman–Crippen LogP) is 3.74. The van der Waals surface area contributed by atoms with E-state index < -0.39 is 6.10 Å². The molecule has 0 aliphatic heterocycles. The van der Waals surface area contributed by atoms with E-state index in [1.807, 2.05) is 25.1 Å². The second-order valence-electron chi connectivity index (χ2n) is 4.25. The monoisotopic (exact) mass is 270 g/mol. The molecule has 0 saturated carbocycles. The van der Waals surface area contributed by atoms with E-state index in [1.54, 1.807) is 18.2 Å². The van der Waals surface area contributed by atoms with Crippen LogP contribution in [-0.4, -0.2) is 11.2 Å². The molecule has 2 nitrogen and oxygen atoms in total. The van der Waals surface area contributed by atoms with Gasteiger partial charge in [-0.2, -0.15) is 0 Å². The average molecular weight is 270 g/mol. The molecule has 102 valence electrons. The van der Waals surface area contributed by atoms with E-state index in [0.717, 1.165) is 0 Å². The number of aliphatic hydroxyl groups excluding tert-OH is 1. The second-order valence-corrected chi connectivity index (χ2v) is 4.25. The molecule has 0 fully saturated rings. The number of rotatable bonds is 3. The summed E-state index contributed by atoms with van der Waals surface area (Å²) in [7, 11) is 0. The molecule has 1 atom stereocenters. The molecule has 2 aromatic carbocycles. The van der Waals surface area contributed by atoms with Crippen LogP contribution in [0.1, 0.15) is 18.9 Å². The lowest BCUT2D eigenvalue weighted by atomic mass is 10.2. The third kappa shape index (κ3) is 3.84. The predicted molar refractivity (Wildman–Crippen MR) is 76.1 cm³/mol. The van der Waals surface area contributed by atoms with Crippen molar-refractivity contribution in [3.05, 3.63) is 59.9 Å². The van der Waals surface area contributed by atoms with E-state index in [1.165, 1.54) is 12.1 Å². The molecule has 20 heavy (non-hydrogen) atoms. The summed E-state index contributed by atoms with van der Waals surface area (Å²) in [5.74, 6) is 6.45. The molecule has 0 aliphatic rings. The molecule has 2 rings (SSSR count). The molecule has 2 aromatic rings. The zero-order valence-corrected chi connectivity index (χ0v) is 11.1. The van der Waals surface area contributed by atoms with Crippen LogP contribution in [-0.2, 0) is 0 Å². The van der Waals surface area contributed by atoms with E-state index >= 15 is 0 Å². The first kappa shape index (κ1) is 14.1. The molecule has 0 heterocycles. The molecule has 0 saturated heterocycles. The number of halogens is 1. The molecular formula is C17H15FO2. The number of hydrogen-bond acceptors (Lipinski definition) is 2. The van der Waals surface area contributed by atoms with E-state index in [2.05, 4.69) is 11.8 Å². The molecule has 0 radical (unpaired) electrons. The molecule has 1 N–H and O–H groups in total. The van der Waals surface area contributed by atoms with Crippen molar-refractivity contribution in [2.24, 2.45) is 0 Å². The minimum atomic E-state index is -0.645. The van der Waals surface area contributed by atoms with Gasteiger partial charge in [0.15, 0.2) is 0 Å². The van der Waals surface area contributed by atoms with Crippen molar-refractivity contribution < 1.29 is 14.2 Å². The van der Waals surface area contributed by atoms with Gasteiger partial charge in [-0.05, 0) is 42.8 Å². The summed E-state index contributed by atoms with van der Waals surface area (Å²) in [5, 5.41) is 9.47. The SMILES string of the molecule is CCC(O)C#Cc1ccccc1Oc1ccc(F)cc1. The van der Waals surface area contributed by atoms with Crippen LogP contribution >= 0.6 is 0 Å².